The van der Waals surface area contributed by atoms with E-state index in [0.29, 0.717) is 17.4 Å². The van der Waals surface area contributed by atoms with Crippen LogP contribution in [-0.4, -0.2) is 9.78 Å². The number of hydrogen-bond donors (Lipinski definition) is 1. The molecule has 1 heterocycles. The summed E-state index contributed by atoms with van der Waals surface area (Å²) in [5.41, 5.74) is 8.48. The summed E-state index contributed by atoms with van der Waals surface area (Å²) in [6.07, 6.45) is 4.22. The van der Waals surface area contributed by atoms with Gasteiger partial charge in [-0.1, -0.05) is 35.9 Å². The molecule has 0 atom stereocenters. The van der Waals surface area contributed by atoms with E-state index in [2.05, 4.69) is 29.4 Å². The van der Waals surface area contributed by atoms with Gasteiger partial charge in [0.05, 0.1) is 12.7 Å². The van der Waals surface area contributed by atoms with Crippen LogP contribution in [0.2, 0.25) is 5.02 Å². The van der Waals surface area contributed by atoms with Crippen LogP contribution in [0.25, 0.3) is 0 Å². The van der Waals surface area contributed by atoms with E-state index in [1.165, 1.54) is 24.0 Å². The predicted molar refractivity (Wildman–Crippen MR) is 69.2 cm³/mol. The monoisotopic (exact) mass is 247 g/mol. The second-order valence-corrected chi connectivity index (χ2v) is 4.96. The third kappa shape index (κ3) is 2.15. The normalized spacial score (nSPS) is 15.1. The van der Waals surface area contributed by atoms with Crippen molar-refractivity contribution in [1.82, 2.24) is 9.78 Å². The van der Waals surface area contributed by atoms with Crippen LogP contribution in [-0.2, 0) is 6.54 Å². The van der Waals surface area contributed by atoms with E-state index in [0.717, 1.165) is 5.92 Å². The van der Waals surface area contributed by atoms with Crippen LogP contribution in [0.4, 0.5) is 5.82 Å². The lowest BCUT2D eigenvalue weighted by Gasteiger charge is -2.06. The fourth-order valence-corrected chi connectivity index (χ4v) is 2.17. The molecule has 17 heavy (non-hydrogen) atoms. The van der Waals surface area contributed by atoms with Gasteiger partial charge in [0, 0.05) is 0 Å². The molecule has 0 amide bonds. The number of aromatic nitrogens is 2. The van der Waals surface area contributed by atoms with Crippen LogP contribution in [0.15, 0.2) is 30.5 Å². The van der Waals surface area contributed by atoms with Gasteiger partial charge in [-0.2, -0.15) is 5.10 Å². The lowest BCUT2D eigenvalue weighted by atomic mass is 10.1. The fourth-order valence-electron chi connectivity index (χ4n) is 2.03. The number of anilines is 1. The van der Waals surface area contributed by atoms with Gasteiger partial charge >= 0.3 is 0 Å². The number of halogens is 1. The Morgan fingerprint density at radius 3 is 2.88 bits per heavy atom. The van der Waals surface area contributed by atoms with Gasteiger partial charge in [0.1, 0.15) is 10.8 Å². The first kappa shape index (κ1) is 10.7. The Labute approximate surface area is 105 Å². The van der Waals surface area contributed by atoms with Crippen molar-refractivity contribution < 1.29 is 0 Å². The highest BCUT2D eigenvalue weighted by Crippen LogP contribution is 2.40. The van der Waals surface area contributed by atoms with Crippen LogP contribution in [0, 0.1) is 0 Å². The Morgan fingerprint density at radius 1 is 1.41 bits per heavy atom. The second kappa shape index (κ2) is 4.08. The second-order valence-electron chi connectivity index (χ2n) is 4.55. The molecule has 0 bridgehead atoms. The molecule has 88 valence electrons. The highest BCUT2D eigenvalue weighted by Gasteiger charge is 2.23. The molecular weight excluding hydrogens is 234 g/mol. The summed E-state index contributed by atoms with van der Waals surface area (Å²) in [4.78, 5) is 0. The molecular formula is C13H14ClN3. The van der Waals surface area contributed by atoms with E-state index < -0.39 is 0 Å². The van der Waals surface area contributed by atoms with Gasteiger partial charge in [-0.3, -0.25) is 0 Å². The molecule has 1 aliphatic rings. The van der Waals surface area contributed by atoms with Gasteiger partial charge in [0.25, 0.3) is 0 Å². The lowest BCUT2D eigenvalue weighted by Crippen LogP contribution is -2.06. The summed E-state index contributed by atoms with van der Waals surface area (Å²) >= 11 is 5.88. The Balaban J connectivity index is 1.84. The molecule has 4 heteroatoms. The average Bonchev–Trinajstić information content (AvgIpc) is 3.13. The maximum absolute atomic E-state index is 5.88. The van der Waals surface area contributed by atoms with Gasteiger partial charge in [-0.15, -0.1) is 0 Å². The summed E-state index contributed by atoms with van der Waals surface area (Å²) in [6.45, 7) is 0.680. The zero-order valence-corrected chi connectivity index (χ0v) is 10.2. The SMILES string of the molecule is Nc1c(Cl)cnn1Cc1cccc(C2CC2)c1. The van der Waals surface area contributed by atoms with Crippen LogP contribution >= 0.6 is 11.6 Å². The number of nitrogens with zero attached hydrogens (tertiary/aromatic N) is 2. The van der Waals surface area contributed by atoms with Gasteiger partial charge in [0.2, 0.25) is 0 Å². The predicted octanol–water partition coefficient (Wildman–Crippen LogP) is 3.04. The summed E-state index contributed by atoms with van der Waals surface area (Å²) < 4.78 is 1.73. The molecule has 0 aliphatic heterocycles. The number of nitrogens with two attached hydrogens (primary N) is 1. The Bertz CT molecular complexity index is 543. The first-order chi connectivity index (χ1) is 8.24. The van der Waals surface area contributed by atoms with Crippen LogP contribution in [0.5, 0.6) is 0 Å². The minimum absolute atomic E-state index is 0.517. The summed E-state index contributed by atoms with van der Waals surface area (Å²) in [7, 11) is 0. The number of hydrogen-bond acceptors (Lipinski definition) is 2. The highest BCUT2D eigenvalue weighted by atomic mass is 35.5. The zero-order valence-electron chi connectivity index (χ0n) is 9.44. The van der Waals surface area contributed by atoms with Crippen molar-refractivity contribution in [3.05, 3.63) is 46.6 Å². The molecule has 1 aromatic carbocycles. The minimum Gasteiger partial charge on any atom is -0.383 e. The molecule has 2 N–H and O–H groups in total. The van der Waals surface area contributed by atoms with E-state index in [9.17, 15) is 0 Å². The third-order valence-corrected chi connectivity index (χ3v) is 3.46. The third-order valence-electron chi connectivity index (χ3n) is 3.17. The molecule has 3 rings (SSSR count). The van der Waals surface area contributed by atoms with Gasteiger partial charge in [-0.05, 0) is 29.9 Å². The molecule has 1 fully saturated rings. The van der Waals surface area contributed by atoms with E-state index >= 15 is 0 Å². The fraction of sp³-hybridized carbons (Fsp3) is 0.308. The van der Waals surface area contributed by atoms with Gasteiger partial charge in [0.15, 0.2) is 0 Å². The molecule has 3 nitrogen and oxygen atoms in total. The molecule has 0 unspecified atom stereocenters. The Hall–Kier alpha value is -1.48. The molecule has 1 saturated carbocycles. The summed E-state index contributed by atoms with van der Waals surface area (Å²) in [6, 6.07) is 8.64. The van der Waals surface area contributed by atoms with E-state index in [1.807, 2.05) is 0 Å². The molecule has 1 aliphatic carbocycles. The van der Waals surface area contributed by atoms with Gasteiger partial charge < -0.3 is 5.73 Å². The van der Waals surface area contributed by atoms with E-state index in [1.54, 1.807) is 10.9 Å². The summed E-state index contributed by atoms with van der Waals surface area (Å²) in [5, 5.41) is 4.68. The molecule has 0 saturated heterocycles. The van der Waals surface area contributed by atoms with Crippen molar-refractivity contribution in [2.24, 2.45) is 0 Å². The molecule has 0 radical (unpaired) electrons. The van der Waals surface area contributed by atoms with E-state index in [4.69, 9.17) is 17.3 Å². The maximum atomic E-state index is 5.88. The highest BCUT2D eigenvalue weighted by molar-refractivity contribution is 6.32. The first-order valence-corrected chi connectivity index (χ1v) is 6.17. The first-order valence-electron chi connectivity index (χ1n) is 5.79. The van der Waals surface area contributed by atoms with Crippen LogP contribution in [0.3, 0.4) is 0 Å². The Morgan fingerprint density at radius 2 is 2.24 bits per heavy atom. The average molecular weight is 248 g/mol. The van der Waals surface area contributed by atoms with Crippen LogP contribution in [0.1, 0.15) is 29.9 Å². The number of nitrogen functional groups attached to an aromatic ring is 1. The molecule has 2 aromatic rings. The summed E-state index contributed by atoms with van der Waals surface area (Å²) in [5.74, 6) is 1.30. The van der Waals surface area contributed by atoms with Crippen molar-refractivity contribution in [1.29, 1.82) is 0 Å². The van der Waals surface area contributed by atoms with Gasteiger partial charge in [-0.25, -0.2) is 4.68 Å². The largest absolute Gasteiger partial charge is 0.383 e. The Kier molecular flexibility index (Phi) is 2.56. The van der Waals surface area contributed by atoms with Crippen molar-refractivity contribution in [2.45, 2.75) is 25.3 Å². The zero-order chi connectivity index (χ0) is 11.8. The van der Waals surface area contributed by atoms with Crippen molar-refractivity contribution in [3.63, 3.8) is 0 Å². The van der Waals surface area contributed by atoms with Crippen molar-refractivity contribution in [3.8, 4) is 0 Å². The smallest absolute Gasteiger partial charge is 0.140 e. The minimum atomic E-state index is 0.517. The van der Waals surface area contributed by atoms with E-state index in [-0.39, 0.29) is 0 Å². The lowest BCUT2D eigenvalue weighted by molar-refractivity contribution is 0.696. The molecule has 0 spiro atoms. The van der Waals surface area contributed by atoms with Crippen molar-refractivity contribution >= 4 is 17.4 Å². The topological polar surface area (TPSA) is 43.8 Å². The molecule has 1 aromatic heterocycles. The van der Waals surface area contributed by atoms with Crippen molar-refractivity contribution in [2.75, 3.05) is 5.73 Å². The quantitative estimate of drug-likeness (QED) is 0.906. The van der Waals surface area contributed by atoms with Crippen LogP contribution < -0.4 is 5.73 Å². The number of benzene rings is 1. The standard InChI is InChI=1S/C13H14ClN3/c14-12-7-16-17(13(12)15)8-9-2-1-3-11(6-9)10-4-5-10/h1-3,6-7,10H,4-5,8,15H2. The number of rotatable bonds is 3. The maximum Gasteiger partial charge on any atom is 0.140 e.